The van der Waals surface area contributed by atoms with Gasteiger partial charge in [-0.15, -0.1) is 11.8 Å². The third kappa shape index (κ3) is 30.0. The third-order valence-electron chi connectivity index (χ3n) is 15.7. The fraction of sp³-hybridized carbons (Fsp3) is 0.556. The van der Waals surface area contributed by atoms with E-state index in [-0.39, 0.29) is 127 Å². The number of unbranched alkanes of at least 4 members (excludes halogenated alkanes) is 1. The van der Waals surface area contributed by atoms with Gasteiger partial charge in [0.2, 0.25) is 70.9 Å². The van der Waals surface area contributed by atoms with Crippen molar-refractivity contribution in [2.45, 2.75) is 184 Å². The molecule has 0 unspecified atom stereocenters. The van der Waals surface area contributed by atoms with Crippen molar-refractivity contribution in [2.75, 3.05) is 37.8 Å². The van der Waals surface area contributed by atoms with Crippen molar-refractivity contribution >= 4 is 111 Å². The number of carbonyl (C=O) groups is 13. The standard InChI is InChI=1S/C63H97N21O16S/c1-33(85)50-59(97)80-45(26-38-16-11-15-37-14-5-6-17-40(37)38)56(94)78-41(19-8-10-24-71-62(65)66)52(90)76-42(54(92)81-47(61(99)100)27-39-29-69-31-73-39)18-7-9-23-70-49(89)28-46(75-36(4)88)57(95)84-51(34(2)86)60(98)82-48(30-101-32-74-35(3)87)58(96)79-44(21-13-25-72-63(67)68)53(91)77-43(20-12-22-64)55(93)83-50/h5-6,11,14-17,29,31,33-34,41-48,50-51,85-86H,7-10,12-13,18-28,30,32,64H2,1-4H3,(H,69,73)(H,70,89)(H,74,87)(H,75,88)(H,76,90)(H,77,91)(H,78,94)(H,79,96)(H,80,97)(H,81,92)(H,82,98)(H,83,93)(H,84,95)(H,99,100)(H4,65,66,71)(H4,67,68,72)/t33-,34-,41+,42+,43+,44+,45+,46+,47+,48+,50+,51+/m1/s1. The SMILES string of the molecule is CC(=O)NCSC[C@@H]1NC(=O)[C@H]([C@@H](C)O)NC(=O)[C@@H](NC(C)=O)CC(=O)NCCCC[C@@H](C(=O)N[C@@H](Cc2cnc[nH]2)C(=O)O)NC(=O)[C@H](CCCCN=C(N)N)NC(=O)[C@H](Cc2cccc3ccccc23)NC(=O)[C@H]([C@@H](C)O)NC(=O)[C@H](CCCN)NC(=O)[C@H](CCCN=C(N)N)NC1=O. The number of benzene rings is 2. The molecule has 26 N–H and O–H groups in total. The molecule has 1 saturated heterocycles. The van der Waals surface area contributed by atoms with Crippen molar-refractivity contribution in [2.24, 2.45) is 38.7 Å². The number of thioether (sulfide) groups is 1. The van der Waals surface area contributed by atoms with Crippen molar-refractivity contribution in [1.29, 1.82) is 0 Å². The van der Waals surface area contributed by atoms with Crippen LogP contribution in [0.1, 0.15) is 110 Å². The molecule has 37 nitrogen and oxygen atoms in total. The second-order valence-corrected chi connectivity index (χ2v) is 25.1. The first-order valence-electron chi connectivity index (χ1n) is 32.9. The summed E-state index contributed by atoms with van der Waals surface area (Å²) < 4.78 is 0. The second-order valence-electron chi connectivity index (χ2n) is 24.1. The Morgan fingerprint density at radius 1 is 0.644 bits per heavy atom. The number of fused-ring (bicyclic) bond motifs is 1. The maximum Gasteiger partial charge on any atom is 0.326 e. The number of amides is 12. The van der Waals surface area contributed by atoms with Crippen LogP contribution in [0.2, 0.25) is 0 Å². The van der Waals surface area contributed by atoms with Crippen LogP contribution in [-0.4, -0.2) is 224 Å². The van der Waals surface area contributed by atoms with Crippen LogP contribution in [0, 0.1) is 0 Å². The van der Waals surface area contributed by atoms with Crippen molar-refractivity contribution in [3.05, 3.63) is 66.2 Å². The number of guanidine groups is 2. The molecule has 0 bridgehead atoms. The molecule has 556 valence electrons. The number of aromatic amines is 1. The van der Waals surface area contributed by atoms with Crippen LogP contribution in [0.15, 0.2) is 65.0 Å². The zero-order valence-corrected chi connectivity index (χ0v) is 57.7. The second kappa shape index (κ2) is 43.3. The molecule has 1 fully saturated rings. The highest BCUT2D eigenvalue weighted by Crippen LogP contribution is 2.21. The number of aliphatic hydroxyl groups excluding tert-OH is 2. The van der Waals surface area contributed by atoms with E-state index in [0.29, 0.717) is 16.6 Å². The van der Waals surface area contributed by atoms with Gasteiger partial charge in [0.05, 0.1) is 30.8 Å². The number of nitrogens with two attached hydrogens (primary N) is 5. The minimum Gasteiger partial charge on any atom is -0.480 e. The number of carbonyl (C=O) groups excluding carboxylic acids is 12. The van der Waals surface area contributed by atoms with E-state index < -0.39 is 156 Å². The Morgan fingerprint density at radius 3 is 1.77 bits per heavy atom. The van der Waals surface area contributed by atoms with Gasteiger partial charge in [-0.05, 0) is 101 Å². The van der Waals surface area contributed by atoms with E-state index >= 15 is 4.79 Å². The summed E-state index contributed by atoms with van der Waals surface area (Å²) in [7, 11) is 0. The number of carboxylic acid groups (broad SMARTS) is 1. The first kappa shape index (κ1) is 83.2. The topological polar surface area (TPSA) is 610 Å². The van der Waals surface area contributed by atoms with Crippen LogP contribution in [0.4, 0.5) is 0 Å². The molecular formula is C63H97N21O16S. The van der Waals surface area contributed by atoms with Gasteiger partial charge in [0.25, 0.3) is 0 Å². The quantitative estimate of drug-likeness (QED) is 0.0154. The van der Waals surface area contributed by atoms with Gasteiger partial charge in [-0.3, -0.25) is 67.5 Å². The normalized spacial score (nSPS) is 22.4. The Morgan fingerprint density at radius 2 is 1.19 bits per heavy atom. The molecular weight excluding hydrogens is 1340 g/mol. The molecule has 2 aromatic carbocycles. The summed E-state index contributed by atoms with van der Waals surface area (Å²) in [5, 5.41) is 64.3. The number of aliphatic imine (C=N–C) groups is 2. The lowest BCUT2D eigenvalue weighted by Gasteiger charge is -2.29. The van der Waals surface area contributed by atoms with E-state index in [1.54, 1.807) is 30.3 Å². The fourth-order valence-corrected chi connectivity index (χ4v) is 11.3. The maximum absolute atomic E-state index is 15.1. The van der Waals surface area contributed by atoms with Crippen LogP contribution in [0.3, 0.4) is 0 Å². The summed E-state index contributed by atoms with van der Waals surface area (Å²) in [6, 6.07) is -4.19. The van der Waals surface area contributed by atoms with Crippen LogP contribution in [0.5, 0.6) is 0 Å². The first-order valence-corrected chi connectivity index (χ1v) is 34.1. The van der Waals surface area contributed by atoms with Crippen molar-refractivity contribution in [3.8, 4) is 0 Å². The van der Waals surface area contributed by atoms with Crippen molar-refractivity contribution in [3.63, 3.8) is 0 Å². The van der Waals surface area contributed by atoms with E-state index in [9.17, 15) is 72.9 Å². The number of hydrogen-bond donors (Lipinski definition) is 21. The number of H-pyrrole nitrogens is 1. The molecule has 12 amide bonds. The van der Waals surface area contributed by atoms with Crippen LogP contribution < -0.4 is 92.5 Å². The number of aliphatic hydroxyl groups is 2. The lowest BCUT2D eigenvalue weighted by Crippen LogP contribution is -2.62. The molecule has 2 heterocycles. The lowest BCUT2D eigenvalue weighted by molar-refractivity contribution is -0.142. The first-order chi connectivity index (χ1) is 48.0. The van der Waals surface area contributed by atoms with E-state index in [1.165, 1.54) is 26.4 Å². The average molecular weight is 1440 g/mol. The van der Waals surface area contributed by atoms with Crippen LogP contribution in [0.25, 0.3) is 10.8 Å². The molecule has 0 aliphatic carbocycles. The van der Waals surface area contributed by atoms with Gasteiger partial charge in [-0.1, -0.05) is 42.5 Å². The number of nitrogens with zero attached hydrogens (tertiary/aromatic N) is 3. The Bertz CT molecular complexity index is 3360. The summed E-state index contributed by atoms with van der Waals surface area (Å²) in [6.07, 6.45) is -2.33. The summed E-state index contributed by atoms with van der Waals surface area (Å²) >= 11 is 0.935. The van der Waals surface area contributed by atoms with Crippen LogP contribution in [-0.2, 0) is 75.2 Å². The van der Waals surface area contributed by atoms with Gasteiger partial charge in [-0.25, -0.2) is 9.78 Å². The molecule has 4 rings (SSSR count). The van der Waals surface area contributed by atoms with Crippen molar-refractivity contribution in [1.82, 2.24) is 73.8 Å². The highest BCUT2D eigenvalue weighted by atomic mass is 32.2. The van der Waals surface area contributed by atoms with E-state index in [4.69, 9.17) is 28.7 Å². The number of hydrogen-bond acceptors (Lipinski definition) is 20. The molecule has 1 aromatic heterocycles. The zero-order chi connectivity index (χ0) is 74.7. The van der Waals surface area contributed by atoms with E-state index in [0.717, 1.165) is 31.0 Å². The summed E-state index contributed by atoms with van der Waals surface area (Å²) in [5.74, 6) is -13.9. The molecule has 12 atom stereocenters. The van der Waals surface area contributed by atoms with Crippen molar-refractivity contribution < 1.29 is 77.6 Å². The summed E-state index contributed by atoms with van der Waals surface area (Å²) in [6.45, 7) is 4.39. The predicted octanol–water partition coefficient (Wildman–Crippen LogP) is -6.18. The smallest absolute Gasteiger partial charge is 0.326 e. The molecule has 0 saturated carbocycles. The largest absolute Gasteiger partial charge is 0.480 e. The Labute approximate surface area is 587 Å². The Kier molecular flexibility index (Phi) is 35.7. The number of nitrogens with one attached hydrogen (secondary N) is 13. The van der Waals surface area contributed by atoms with Gasteiger partial charge >= 0.3 is 5.97 Å². The van der Waals surface area contributed by atoms with Gasteiger partial charge in [0.1, 0.15) is 60.4 Å². The third-order valence-corrected chi connectivity index (χ3v) is 16.6. The molecule has 0 radical (unpaired) electrons. The fourth-order valence-electron chi connectivity index (χ4n) is 10.4. The highest BCUT2D eigenvalue weighted by Gasteiger charge is 2.38. The van der Waals surface area contributed by atoms with Gasteiger partial charge in [0.15, 0.2) is 11.9 Å². The molecule has 101 heavy (non-hydrogen) atoms. The van der Waals surface area contributed by atoms with Gasteiger partial charge in [0, 0.05) is 64.0 Å². The van der Waals surface area contributed by atoms with Crippen LogP contribution >= 0.6 is 11.8 Å². The molecule has 1 aliphatic rings. The predicted molar refractivity (Wildman–Crippen MR) is 371 cm³/mol. The minimum absolute atomic E-state index is 0.0109. The van der Waals surface area contributed by atoms with Gasteiger partial charge < -0.3 is 113 Å². The average Bonchev–Trinajstić information content (AvgIpc) is 1.19. The Hall–Kier alpha value is -10.2. The molecule has 38 heteroatoms. The number of rotatable bonds is 26. The maximum atomic E-state index is 15.1. The number of imidazole rings is 1. The summed E-state index contributed by atoms with van der Waals surface area (Å²) in [5.41, 5.74) is 29.0. The van der Waals surface area contributed by atoms with E-state index in [2.05, 4.69) is 83.8 Å². The highest BCUT2D eigenvalue weighted by molar-refractivity contribution is 7.99. The zero-order valence-electron chi connectivity index (χ0n) is 56.8. The monoisotopic (exact) mass is 1440 g/mol. The number of carboxylic acids is 1. The minimum atomic E-state index is -1.89. The molecule has 3 aromatic rings. The molecule has 0 spiro atoms. The summed E-state index contributed by atoms with van der Waals surface area (Å²) in [4.78, 5) is 196. The molecule has 1 aliphatic heterocycles. The Balaban J connectivity index is 1.90. The number of aromatic nitrogens is 2. The van der Waals surface area contributed by atoms with E-state index in [1.807, 2.05) is 12.1 Å². The number of aliphatic carboxylic acids is 1. The lowest BCUT2D eigenvalue weighted by atomic mass is 9.97. The van der Waals surface area contributed by atoms with Gasteiger partial charge in [-0.2, -0.15) is 0 Å².